The van der Waals surface area contributed by atoms with Gasteiger partial charge in [0.05, 0.1) is 0 Å². The Hall–Kier alpha value is -1.36. The number of aryl methyl sites for hydroxylation is 1. The molecule has 0 fully saturated rings. The lowest BCUT2D eigenvalue weighted by atomic mass is 10.0. The maximum Gasteiger partial charge on any atom is 0.134 e. The standard InChI is InChI=1S/C14H20N2O2/c1-10-14(12(9-15)16-7-4-8-17)11-5-2-3-6-13(11)18-10/h2-3,5-6,12,16-17H,4,7-9,15H2,1H3. The molecule has 0 radical (unpaired) electrons. The van der Waals surface area contributed by atoms with Crippen LogP contribution in [0.4, 0.5) is 0 Å². The molecule has 98 valence electrons. The Balaban J connectivity index is 2.29. The molecule has 1 heterocycles. The van der Waals surface area contributed by atoms with Crippen LogP contribution in [0.1, 0.15) is 23.8 Å². The van der Waals surface area contributed by atoms with E-state index in [0.29, 0.717) is 6.54 Å². The van der Waals surface area contributed by atoms with Gasteiger partial charge in [-0.2, -0.15) is 0 Å². The first kappa shape index (κ1) is 13.1. The van der Waals surface area contributed by atoms with Crippen LogP contribution in [0.25, 0.3) is 11.0 Å². The quantitative estimate of drug-likeness (QED) is 0.681. The molecule has 1 aromatic heterocycles. The van der Waals surface area contributed by atoms with Gasteiger partial charge in [0.2, 0.25) is 0 Å². The Labute approximate surface area is 107 Å². The SMILES string of the molecule is Cc1oc2ccccc2c1C(CN)NCCCO. The summed E-state index contributed by atoms with van der Waals surface area (Å²) in [7, 11) is 0. The van der Waals surface area contributed by atoms with E-state index in [-0.39, 0.29) is 12.6 Å². The lowest BCUT2D eigenvalue weighted by Gasteiger charge is -2.16. The summed E-state index contributed by atoms with van der Waals surface area (Å²) < 4.78 is 5.74. The average Bonchev–Trinajstić information content (AvgIpc) is 2.71. The molecule has 4 heteroatoms. The molecule has 4 N–H and O–H groups in total. The van der Waals surface area contributed by atoms with E-state index in [1.54, 1.807) is 0 Å². The van der Waals surface area contributed by atoms with E-state index >= 15 is 0 Å². The van der Waals surface area contributed by atoms with Gasteiger partial charge in [0.1, 0.15) is 11.3 Å². The predicted molar refractivity (Wildman–Crippen MR) is 72.5 cm³/mol. The summed E-state index contributed by atoms with van der Waals surface area (Å²) in [6.45, 7) is 3.41. The summed E-state index contributed by atoms with van der Waals surface area (Å²) in [5, 5.41) is 13.3. The van der Waals surface area contributed by atoms with Gasteiger partial charge in [0.25, 0.3) is 0 Å². The lowest BCUT2D eigenvalue weighted by Crippen LogP contribution is -2.29. The van der Waals surface area contributed by atoms with Crippen LogP contribution in [0.2, 0.25) is 0 Å². The van der Waals surface area contributed by atoms with E-state index < -0.39 is 0 Å². The fourth-order valence-electron chi connectivity index (χ4n) is 2.28. The summed E-state index contributed by atoms with van der Waals surface area (Å²) >= 11 is 0. The predicted octanol–water partition coefficient (Wildman–Crippen LogP) is 1.71. The van der Waals surface area contributed by atoms with Gasteiger partial charge in [-0.15, -0.1) is 0 Å². The molecule has 4 nitrogen and oxygen atoms in total. The second kappa shape index (κ2) is 6.00. The second-order valence-corrected chi connectivity index (χ2v) is 4.39. The molecule has 0 aliphatic carbocycles. The Morgan fingerprint density at radius 3 is 2.89 bits per heavy atom. The summed E-state index contributed by atoms with van der Waals surface area (Å²) in [6, 6.07) is 8.05. The fourth-order valence-corrected chi connectivity index (χ4v) is 2.28. The highest BCUT2D eigenvalue weighted by atomic mass is 16.3. The highest BCUT2D eigenvalue weighted by Gasteiger charge is 2.18. The zero-order chi connectivity index (χ0) is 13.0. The van der Waals surface area contributed by atoms with E-state index in [2.05, 4.69) is 11.4 Å². The van der Waals surface area contributed by atoms with Crippen molar-refractivity contribution in [3.8, 4) is 0 Å². The van der Waals surface area contributed by atoms with E-state index in [4.69, 9.17) is 15.3 Å². The molecule has 0 amide bonds. The first-order valence-electron chi connectivity index (χ1n) is 6.30. The van der Waals surface area contributed by atoms with Crippen LogP contribution >= 0.6 is 0 Å². The Morgan fingerprint density at radius 1 is 1.39 bits per heavy atom. The molecule has 0 spiro atoms. The van der Waals surface area contributed by atoms with E-state index in [1.807, 2.05) is 25.1 Å². The largest absolute Gasteiger partial charge is 0.461 e. The number of furan rings is 1. The Kier molecular flexibility index (Phi) is 4.36. The van der Waals surface area contributed by atoms with Crippen LogP contribution in [-0.4, -0.2) is 24.8 Å². The molecule has 0 saturated heterocycles. The number of hydrogen-bond donors (Lipinski definition) is 3. The number of benzene rings is 1. The second-order valence-electron chi connectivity index (χ2n) is 4.39. The molecule has 0 aliphatic rings. The molecule has 2 aromatic rings. The van der Waals surface area contributed by atoms with Crippen LogP contribution in [0.5, 0.6) is 0 Å². The first-order chi connectivity index (χ1) is 8.77. The van der Waals surface area contributed by atoms with Gasteiger partial charge >= 0.3 is 0 Å². The van der Waals surface area contributed by atoms with Crippen molar-refractivity contribution in [3.05, 3.63) is 35.6 Å². The molecule has 0 aliphatic heterocycles. The number of hydrogen-bond acceptors (Lipinski definition) is 4. The molecule has 1 unspecified atom stereocenters. The zero-order valence-electron chi connectivity index (χ0n) is 10.6. The number of nitrogens with two attached hydrogens (primary N) is 1. The topological polar surface area (TPSA) is 71.4 Å². The number of para-hydroxylation sites is 1. The first-order valence-corrected chi connectivity index (χ1v) is 6.30. The number of aliphatic hydroxyl groups excluding tert-OH is 1. The third kappa shape index (κ3) is 2.56. The minimum Gasteiger partial charge on any atom is -0.461 e. The van der Waals surface area contributed by atoms with E-state index in [1.165, 1.54) is 0 Å². The van der Waals surface area contributed by atoms with Crippen molar-refractivity contribution in [1.29, 1.82) is 0 Å². The van der Waals surface area contributed by atoms with Crippen molar-refractivity contribution < 1.29 is 9.52 Å². The smallest absolute Gasteiger partial charge is 0.134 e. The highest BCUT2D eigenvalue weighted by molar-refractivity contribution is 5.82. The minimum absolute atomic E-state index is 0.0696. The van der Waals surface area contributed by atoms with Crippen LogP contribution in [-0.2, 0) is 0 Å². The number of aliphatic hydroxyl groups is 1. The third-order valence-electron chi connectivity index (χ3n) is 3.13. The number of rotatable bonds is 6. The van der Waals surface area contributed by atoms with Crippen molar-refractivity contribution in [1.82, 2.24) is 5.32 Å². The normalized spacial score (nSPS) is 13.1. The summed E-state index contributed by atoms with van der Waals surface area (Å²) in [5.74, 6) is 0.906. The van der Waals surface area contributed by atoms with Crippen molar-refractivity contribution in [2.75, 3.05) is 19.7 Å². The van der Waals surface area contributed by atoms with Crippen molar-refractivity contribution in [2.24, 2.45) is 5.73 Å². The monoisotopic (exact) mass is 248 g/mol. The van der Waals surface area contributed by atoms with Crippen molar-refractivity contribution >= 4 is 11.0 Å². The number of fused-ring (bicyclic) bond motifs is 1. The van der Waals surface area contributed by atoms with E-state index in [0.717, 1.165) is 35.3 Å². The average molecular weight is 248 g/mol. The molecule has 1 atom stereocenters. The molecule has 0 saturated carbocycles. The highest BCUT2D eigenvalue weighted by Crippen LogP contribution is 2.29. The Bertz CT molecular complexity index is 507. The summed E-state index contributed by atoms with van der Waals surface area (Å²) in [4.78, 5) is 0. The molecule has 0 bridgehead atoms. The van der Waals surface area contributed by atoms with Gasteiger partial charge < -0.3 is 20.6 Å². The third-order valence-corrected chi connectivity index (χ3v) is 3.13. The van der Waals surface area contributed by atoms with Crippen molar-refractivity contribution in [2.45, 2.75) is 19.4 Å². The molecule has 2 rings (SSSR count). The lowest BCUT2D eigenvalue weighted by molar-refractivity contribution is 0.283. The van der Waals surface area contributed by atoms with Gasteiger partial charge in [-0.25, -0.2) is 0 Å². The molecular formula is C14H20N2O2. The van der Waals surface area contributed by atoms with Gasteiger partial charge in [-0.1, -0.05) is 18.2 Å². The zero-order valence-corrected chi connectivity index (χ0v) is 10.6. The van der Waals surface area contributed by atoms with Gasteiger partial charge in [0.15, 0.2) is 0 Å². The summed E-state index contributed by atoms with van der Waals surface area (Å²) in [6.07, 6.45) is 0.728. The minimum atomic E-state index is 0.0696. The van der Waals surface area contributed by atoms with E-state index in [9.17, 15) is 0 Å². The van der Waals surface area contributed by atoms with Gasteiger partial charge in [0, 0.05) is 30.1 Å². The summed E-state index contributed by atoms with van der Waals surface area (Å²) in [5.41, 5.74) is 7.87. The van der Waals surface area contributed by atoms with Gasteiger partial charge in [-0.3, -0.25) is 0 Å². The van der Waals surface area contributed by atoms with Crippen LogP contribution in [0.15, 0.2) is 28.7 Å². The van der Waals surface area contributed by atoms with Crippen molar-refractivity contribution in [3.63, 3.8) is 0 Å². The molecular weight excluding hydrogens is 228 g/mol. The fraction of sp³-hybridized carbons (Fsp3) is 0.429. The van der Waals surface area contributed by atoms with Crippen LogP contribution in [0, 0.1) is 6.92 Å². The maximum atomic E-state index is 8.82. The molecule has 1 aromatic carbocycles. The van der Waals surface area contributed by atoms with Crippen LogP contribution < -0.4 is 11.1 Å². The maximum absolute atomic E-state index is 8.82. The van der Waals surface area contributed by atoms with Gasteiger partial charge in [-0.05, 0) is 26.0 Å². The van der Waals surface area contributed by atoms with Crippen LogP contribution in [0.3, 0.4) is 0 Å². The number of nitrogens with one attached hydrogen (secondary N) is 1. The molecule has 18 heavy (non-hydrogen) atoms. The Morgan fingerprint density at radius 2 is 2.17 bits per heavy atom.